The van der Waals surface area contributed by atoms with E-state index in [-0.39, 0.29) is 0 Å². The molecule has 0 spiro atoms. The van der Waals surface area contributed by atoms with Crippen molar-refractivity contribution in [2.75, 3.05) is 0 Å². The summed E-state index contributed by atoms with van der Waals surface area (Å²) in [6.07, 6.45) is 7.29. The molecule has 0 aromatic rings. The van der Waals surface area contributed by atoms with Crippen molar-refractivity contribution in [1.82, 2.24) is 0 Å². The van der Waals surface area contributed by atoms with Gasteiger partial charge in [0.2, 0.25) is 0 Å². The molecule has 1 fully saturated rings. The van der Waals surface area contributed by atoms with Crippen LogP contribution in [-0.2, 0) is 0 Å². The molecule has 0 aliphatic heterocycles. The summed E-state index contributed by atoms with van der Waals surface area (Å²) in [5.74, 6) is 0.859. The van der Waals surface area contributed by atoms with E-state index in [0.717, 1.165) is 5.92 Å². The molecule has 1 rings (SSSR count). The van der Waals surface area contributed by atoms with Crippen LogP contribution in [0.2, 0.25) is 0 Å². The molecule has 0 saturated heterocycles. The van der Waals surface area contributed by atoms with Crippen molar-refractivity contribution in [3.05, 3.63) is 0 Å². The first kappa shape index (κ1) is 11.1. The van der Waals surface area contributed by atoms with Crippen LogP contribution < -0.4 is 0 Å². The van der Waals surface area contributed by atoms with Crippen LogP contribution in [0.15, 0.2) is 0 Å². The molecule has 0 radical (unpaired) electrons. The molecule has 0 nitrogen and oxygen atoms in total. The Balaban J connectivity index is 2.75. The Morgan fingerprint density at radius 1 is 1.08 bits per heavy atom. The maximum absolute atomic E-state index is 2.43. The number of hydrogen-bond donors (Lipinski definition) is 0. The predicted molar refractivity (Wildman–Crippen MR) is 59.8 cm³/mol. The van der Waals surface area contributed by atoms with E-state index in [4.69, 9.17) is 0 Å². The highest BCUT2D eigenvalue weighted by Crippen LogP contribution is 2.54. The fourth-order valence-electron chi connectivity index (χ4n) is 3.09. The van der Waals surface area contributed by atoms with E-state index < -0.39 is 0 Å². The van der Waals surface area contributed by atoms with Gasteiger partial charge in [-0.1, -0.05) is 47.5 Å². The van der Waals surface area contributed by atoms with Crippen molar-refractivity contribution in [2.24, 2.45) is 16.7 Å². The van der Waals surface area contributed by atoms with E-state index in [2.05, 4.69) is 34.6 Å². The van der Waals surface area contributed by atoms with Gasteiger partial charge in [0.05, 0.1) is 0 Å². The minimum Gasteiger partial charge on any atom is -0.0628 e. The van der Waals surface area contributed by atoms with Gasteiger partial charge >= 0.3 is 0 Å². The van der Waals surface area contributed by atoms with Gasteiger partial charge in [-0.25, -0.2) is 0 Å². The first-order valence-electron chi connectivity index (χ1n) is 5.87. The summed E-state index contributed by atoms with van der Waals surface area (Å²) in [5.41, 5.74) is 1.16. The maximum Gasteiger partial charge on any atom is -0.0246 e. The molecule has 0 amide bonds. The lowest BCUT2D eigenvalue weighted by Gasteiger charge is -2.43. The van der Waals surface area contributed by atoms with E-state index in [0.29, 0.717) is 10.8 Å². The van der Waals surface area contributed by atoms with Crippen LogP contribution >= 0.6 is 0 Å². The van der Waals surface area contributed by atoms with Crippen LogP contribution in [0.5, 0.6) is 0 Å². The molecule has 0 unspecified atom stereocenters. The van der Waals surface area contributed by atoms with Crippen LogP contribution in [-0.4, -0.2) is 0 Å². The molecule has 1 aliphatic carbocycles. The predicted octanol–water partition coefficient (Wildman–Crippen LogP) is 4.64. The van der Waals surface area contributed by atoms with Gasteiger partial charge in [-0.15, -0.1) is 0 Å². The summed E-state index contributed by atoms with van der Waals surface area (Å²) < 4.78 is 0. The Bertz CT molecular complexity index is 153. The molecular formula is C13H26. The zero-order valence-electron chi connectivity index (χ0n) is 10.1. The third-order valence-electron chi connectivity index (χ3n) is 3.95. The highest BCUT2D eigenvalue weighted by Gasteiger charge is 2.43. The number of hydrogen-bond acceptors (Lipinski definition) is 0. The zero-order chi connectivity index (χ0) is 10.1. The zero-order valence-corrected chi connectivity index (χ0v) is 10.1. The smallest absolute Gasteiger partial charge is 0.0246 e. The summed E-state index contributed by atoms with van der Waals surface area (Å²) in [4.78, 5) is 0. The van der Waals surface area contributed by atoms with Gasteiger partial charge in [0.25, 0.3) is 0 Å². The van der Waals surface area contributed by atoms with Gasteiger partial charge in [-0.2, -0.15) is 0 Å². The summed E-state index contributed by atoms with van der Waals surface area (Å²) in [7, 11) is 0. The largest absolute Gasteiger partial charge is 0.0628 e. The van der Waals surface area contributed by atoms with Gasteiger partial charge in [-0.3, -0.25) is 0 Å². The minimum absolute atomic E-state index is 0.508. The van der Waals surface area contributed by atoms with E-state index in [9.17, 15) is 0 Å². The van der Waals surface area contributed by atoms with E-state index in [1.165, 1.54) is 32.1 Å². The molecule has 78 valence electrons. The summed E-state index contributed by atoms with van der Waals surface area (Å²) in [6, 6.07) is 0. The van der Waals surface area contributed by atoms with Crippen LogP contribution in [0.25, 0.3) is 0 Å². The van der Waals surface area contributed by atoms with Gasteiger partial charge in [0.1, 0.15) is 0 Å². The summed E-state index contributed by atoms with van der Waals surface area (Å²) >= 11 is 0. The SMILES string of the molecule is CC(C)CC1(C(C)(C)C)CCCC1. The molecule has 13 heavy (non-hydrogen) atoms. The molecule has 0 heteroatoms. The van der Waals surface area contributed by atoms with Gasteiger partial charge in [-0.05, 0) is 36.0 Å². The second kappa shape index (κ2) is 3.63. The van der Waals surface area contributed by atoms with Crippen LogP contribution in [0.3, 0.4) is 0 Å². The second-order valence-electron chi connectivity index (χ2n) is 6.34. The van der Waals surface area contributed by atoms with Crippen molar-refractivity contribution in [3.63, 3.8) is 0 Å². The molecule has 0 aromatic heterocycles. The Morgan fingerprint density at radius 3 is 1.85 bits per heavy atom. The van der Waals surface area contributed by atoms with Crippen molar-refractivity contribution < 1.29 is 0 Å². The monoisotopic (exact) mass is 182 g/mol. The number of rotatable bonds is 2. The highest BCUT2D eigenvalue weighted by molar-refractivity contribution is 4.94. The molecule has 0 atom stereocenters. The molecule has 0 heterocycles. The summed E-state index contributed by atoms with van der Waals surface area (Å²) in [6.45, 7) is 12.0. The lowest BCUT2D eigenvalue weighted by atomic mass is 9.62. The Hall–Kier alpha value is 0. The van der Waals surface area contributed by atoms with Crippen molar-refractivity contribution >= 4 is 0 Å². The van der Waals surface area contributed by atoms with E-state index >= 15 is 0 Å². The third-order valence-corrected chi connectivity index (χ3v) is 3.95. The van der Waals surface area contributed by atoms with Gasteiger partial charge in [0.15, 0.2) is 0 Å². The average Bonchev–Trinajstić information content (AvgIpc) is 2.33. The van der Waals surface area contributed by atoms with Gasteiger partial charge in [0, 0.05) is 0 Å². The summed E-state index contributed by atoms with van der Waals surface area (Å²) in [5, 5.41) is 0. The van der Waals surface area contributed by atoms with E-state index in [1.54, 1.807) is 0 Å². The first-order chi connectivity index (χ1) is 5.87. The second-order valence-corrected chi connectivity index (χ2v) is 6.34. The fourth-order valence-corrected chi connectivity index (χ4v) is 3.09. The lowest BCUT2D eigenvalue weighted by Crippen LogP contribution is -2.34. The Labute approximate surface area is 84.1 Å². The van der Waals surface area contributed by atoms with Gasteiger partial charge < -0.3 is 0 Å². The molecule has 0 N–H and O–H groups in total. The third kappa shape index (κ3) is 2.27. The molecule has 0 bridgehead atoms. The van der Waals surface area contributed by atoms with Crippen LogP contribution in [0.1, 0.15) is 66.7 Å². The normalized spacial score (nSPS) is 22.6. The quantitative estimate of drug-likeness (QED) is 0.583. The van der Waals surface area contributed by atoms with Crippen molar-refractivity contribution in [2.45, 2.75) is 66.7 Å². The van der Waals surface area contributed by atoms with Crippen molar-refractivity contribution in [3.8, 4) is 0 Å². The average molecular weight is 182 g/mol. The van der Waals surface area contributed by atoms with Crippen LogP contribution in [0, 0.1) is 16.7 Å². The lowest BCUT2D eigenvalue weighted by molar-refractivity contribution is 0.0662. The highest BCUT2D eigenvalue weighted by atomic mass is 14.5. The maximum atomic E-state index is 2.43. The first-order valence-corrected chi connectivity index (χ1v) is 5.87. The Morgan fingerprint density at radius 2 is 1.54 bits per heavy atom. The molecular weight excluding hydrogens is 156 g/mol. The van der Waals surface area contributed by atoms with Crippen molar-refractivity contribution in [1.29, 1.82) is 0 Å². The van der Waals surface area contributed by atoms with Crippen LogP contribution in [0.4, 0.5) is 0 Å². The molecule has 1 aliphatic rings. The Kier molecular flexibility index (Phi) is 3.09. The fraction of sp³-hybridized carbons (Fsp3) is 1.00. The topological polar surface area (TPSA) is 0 Å². The standard InChI is InChI=1S/C13H26/c1-11(2)10-13(12(3,4)5)8-6-7-9-13/h11H,6-10H2,1-5H3. The molecule has 0 aromatic carbocycles. The van der Waals surface area contributed by atoms with E-state index in [1.807, 2.05) is 0 Å². The molecule has 1 saturated carbocycles. The minimum atomic E-state index is 0.508.